The average Bonchev–Trinajstić information content (AvgIpc) is 2.60. The number of Topliss-reactive ketones (excluding diaryl/α,β-unsaturated/α-hetero) is 1. The van der Waals surface area contributed by atoms with Crippen molar-refractivity contribution in [3.63, 3.8) is 0 Å². The zero-order chi connectivity index (χ0) is 17.5. The number of rotatable bonds is 6. The molecule has 2 aromatic rings. The standard InChI is InChI=1S/C18H19N3O3/c1-12(2)16(22)15(11-14-9-10-19-18(21-14)24-3)17(23)20-13-7-5-4-6-8-13/h4-12H,1-3H3,(H,20,23)/b15-11-. The molecule has 124 valence electrons. The summed E-state index contributed by atoms with van der Waals surface area (Å²) in [5, 5.41) is 2.72. The molecule has 2 rings (SSSR count). The number of nitrogens with one attached hydrogen (secondary N) is 1. The van der Waals surface area contributed by atoms with Gasteiger partial charge in [0, 0.05) is 17.8 Å². The molecule has 0 atom stereocenters. The summed E-state index contributed by atoms with van der Waals surface area (Å²) in [6, 6.07) is 10.7. The molecule has 24 heavy (non-hydrogen) atoms. The van der Waals surface area contributed by atoms with Crippen LogP contribution in [0.1, 0.15) is 19.5 Å². The van der Waals surface area contributed by atoms with E-state index in [0.717, 1.165) is 0 Å². The van der Waals surface area contributed by atoms with Gasteiger partial charge in [-0.25, -0.2) is 4.98 Å². The van der Waals surface area contributed by atoms with Gasteiger partial charge in [0.1, 0.15) is 0 Å². The summed E-state index contributed by atoms with van der Waals surface area (Å²) < 4.78 is 4.96. The summed E-state index contributed by atoms with van der Waals surface area (Å²) in [4.78, 5) is 33.0. The first-order valence-electron chi connectivity index (χ1n) is 7.50. The smallest absolute Gasteiger partial charge is 0.316 e. The molecule has 1 heterocycles. The molecule has 0 saturated heterocycles. The summed E-state index contributed by atoms with van der Waals surface area (Å²) in [5.74, 6) is -1.06. The predicted octanol–water partition coefficient (Wildman–Crippen LogP) is 2.73. The second-order valence-corrected chi connectivity index (χ2v) is 5.37. The highest BCUT2D eigenvalue weighted by molar-refractivity contribution is 6.26. The van der Waals surface area contributed by atoms with Gasteiger partial charge in [0.15, 0.2) is 5.78 Å². The van der Waals surface area contributed by atoms with Gasteiger partial charge in [-0.3, -0.25) is 9.59 Å². The molecule has 6 heteroatoms. The third-order valence-corrected chi connectivity index (χ3v) is 3.20. The lowest BCUT2D eigenvalue weighted by Crippen LogP contribution is -2.23. The Morgan fingerprint density at radius 3 is 2.50 bits per heavy atom. The number of para-hydroxylation sites is 1. The van der Waals surface area contributed by atoms with E-state index < -0.39 is 5.91 Å². The van der Waals surface area contributed by atoms with Gasteiger partial charge in [0.25, 0.3) is 5.91 Å². The van der Waals surface area contributed by atoms with E-state index in [9.17, 15) is 9.59 Å². The first-order valence-corrected chi connectivity index (χ1v) is 7.50. The van der Waals surface area contributed by atoms with E-state index in [-0.39, 0.29) is 23.3 Å². The number of carbonyl (C=O) groups excluding carboxylic acids is 2. The fourth-order valence-electron chi connectivity index (χ4n) is 1.96. The van der Waals surface area contributed by atoms with E-state index in [1.54, 1.807) is 44.2 Å². The van der Waals surface area contributed by atoms with Gasteiger partial charge < -0.3 is 10.1 Å². The average molecular weight is 325 g/mol. The molecule has 1 aromatic heterocycles. The lowest BCUT2D eigenvalue weighted by molar-refractivity contribution is -0.121. The lowest BCUT2D eigenvalue weighted by atomic mass is 9.99. The zero-order valence-corrected chi connectivity index (χ0v) is 13.8. The Morgan fingerprint density at radius 2 is 1.88 bits per heavy atom. The molecule has 0 fully saturated rings. The van der Waals surface area contributed by atoms with Crippen molar-refractivity contribution in [3.05, 3.63) is 53.9 Å². The first kappa shape index (κ1) is 17.3. The third kappa shape index (κ3) is 4.49. The summed E-state index contributed by atoms with van der Waals surface area (Å²) in [6.07, 6.45) is 2.95. The zero-order valence-electron chi connectivity index (χ0n) is 13.8. The van der Waals surface area contributed by atoms with Crippen LogP contribution in [0.4, 0.5) is 5.69 Å². The second-order valence-electron chi connectivity index (χ2n) is 5.37. The van der Waals surface area contributed by atoms with Gasteiger partial charge in [0.2, 0.25) is 0 Å². The molecule has 0 radical (unpaired) electrons. The number of methoxy groups -OCH3 is 1. The Bertz CT molecular complexity index is 755. The number of hydrogen-bond acceptors (Lipinski definition) is 5. The number of amides is 1. The SMILES string of the molecule is COc1nccc(/C=C(\C(=O)Nc2ccccc2)C(=O)C(C)C)n1. The van der Waals surface area contributed by atoms with Crippen molar-refractivity contribution in [1.82, 2.24) is 9.97 Å². The number of aromatic nitrogens is 2. The number of ether oxygens (including phenoxy) is 1. The van der Waals surface area contributed by atoms with Gasteiger partial charge in [0.05, 0.1) is 18.4 Å². The van der Waals surface area contributed by atoms with Gasteiger partial charge in [-0.05, 0) is 24.3 Å². The molecule has 0 saturated carbocycles. The van der Waals surface area contributed by atoms with E-state index in [0.29, 0.717) is 11.4 Å². The number of ketones is 1. The van der Waals surface area contributed by atoms with Crippen LogP contribution in [-0.2, 0) is 9.59 Å². The molecule has 1 aromatic carbocycles. The van der Waals surface area contributed by atoms with Crippen molar-refractivity contribution < 1.29 is 14.3 Å². The molecule has 1 amide bonds. The number of nitrogens with zero attached hydrogens (tertiary/aromatic N) is 2. The third-order valence-electron chi connectivity index (χ3n) is 3.20. The topological polar surface area (TPSA) is 81.2 Å². The summed E-state index contributed by atoms with van der Waals surface area (Å²) in [7, 11) is 1.45. The molecular formula is C18H19N3O3. The van der Waals surface area contributed by atoms with Crippen molar-refractivity contribution in [2.24, 2.45) is 5.92 Å². The Morgan fingerprint density at radius 1 is 1.17 bits per heavy atom. The van der Waals surface area contributed by atoms with Crippen LogP contribution in [-0.4, -0.2) is 28.8 Å². The van der Waals surface area contributed by atoms with E-state index in [1.165, 1.54) is 19.4 Å². The number of anilines is 1. The van der Waals surface area contributed by atoms with Crippen LogP contribution in [0.25, 0.3) is 6.08 Å². The Labute approximate surface area is 140 Å². The molecule has 0 aliphatic rings. The highest BCUT2D eigenvalue weighted by Crippen LogP contribution is 2.15. The van der Waals surface area contributed by atoms with Gasteiger partial charge >= 0.3 is 6.01 Å². The fourth-order valence-corrected chi connectivity index (χ4v) is 1.96. The normalized spacial score (nSPS) is 11.2. The number of hydrogen-bond donors (Lipinski definition) is 1. The minimum Gasteiger partial charge on any atom is -0.467 e. The van der Waals surface area contributed by atoms with Crippen molar-refractivity contribution in [1.29, 1.82) is 0 Å². The molecule has 6 nitrogen and oxygen atoms in total. The van der Waals surface area contributed by atoms with Crippen LogP contribution >= 0.6 is 0 Å². The molecule has 1 N–H and O–H groups in total. The maximum Gasteiger partial charge on any atom is 0.316 e. The highest BCUT2D eigenvalue weighted by atomic mass is 16.5. The van der Waals surface area contributed by atoms with Crippen LogP contribution in [0.15, 0.2) is 48.2 Å². The minimum atomic E-state index is -0.475. The number of benzene rings is 1. The van der Waals surface area contributed by atoms with E-state index in [2.05, 4.69) is 15.3 Å². The molecule has 0 spiro atoms. The first-order chi connectivity index (χ1) is 11.5. The Hall–Kier alpha value is -3.02. The molecule has 0 bridgehead atoms. The maximum atomic E-state index is 12.5. The van der Waals surface area contributed by atoms with E-state index in [1.807, 2.05) is 6.07 Å². The van der Waals surface area contributed by atoms with Gasteiger partial charge in [-0.2, -0.15) is 4.98 Å². The monoisotopic (exact) mass is 325 g/mol. The molecule has 0 aliphatic carbocycles. The Balaban J connectivity index is 2.35. The van der Waals surface area contributed by atoms with Crippen LogP contribution in [0.3, 0.4) is 0 Å². The van der Waals surface area contributed by atoms with Crippen molar-refractivity contribution in [2.45, 2.75) is 13.8 Å². The maximum absolute atomic E-state index is 12.5. The fraction of sp³-hybridized carbons (Fsp3) is 0.222. The van der Waals surface area contributed by atoms with Gasteiger partial charge in [-0.1, -0.05) is 32.0 Å². The van der Waals surface area contributed by atoms with Crippen molar-refractivity contribution in [2.75, 3.05) is 12.4 Å². The highest BCUT2D eigenvalue weighted by Gasteiger charge is 2.21. The van der Waals surface area contributed by atoms with Crippen LogP contribution < -0.4 is 10.1 Å². The lowest BCUT2D eigenvalue weighted by Gasteiger charge is -2.10. The predicted molar refractivity (Wildman–Crippen MR) is 91.5 cm³/mol. The van der Waals surface area contributed by atoms with Crippen LogP contribution in [0, 0.1) is 5.92 Å². The van der Waals surface area contributed by atoms with Crippen LogP contribution in [0.2, 0.25) is 0 Å². The van der Waals surface area contributed by atoms with E-state index >= 15 is 0 Å². The van der Waals surface area contributed by atoms with Crippen LogP contribution in [0.5, 0.6) is 6.01 Å². The quantitative estimate of drug-likeness (QED) is 0.502. The van der Waals surface area contributed by atoms with Crippen molar-refractivity contribution >= 4 is 23.5 Å². The number of carbonyl (C=O) groups is 2. The summed E-state index contributed by atoms with van der Waals surface area (Å²) in [5.41, 5.74) is 1.08. The minimum absolute atomic E-state index is 0.0367. The Kier molecular flexibility index (Phi) is 5.78. The molecule has 0 aliphatic heterocycles. The molecule has 0 unspecified atom stereocenters. The van der Waals surface area contributed by atoms with E-state index in [4.69, 9.17) is 4.74 Å². The second kappa shape index (κ2) is 8.01. The van der Waals surface area contributed by atoms with Crippen molar-refractivity contribution in [3.8, 4) is 6.01 Å². The van der Waals surface area contributed by atoms with Gasteiger partial charge in [-0.15, -0.1) is 0 Å². The summed E-state index contributed by atoms with van der Waals surface area (Å²) in [6.45, 7) is 3.49. The molecular weight excluding hydrogens is 306 g/mol. The summed E-state index contributed by atoms with van der Waals surface area (Å²) >= 11 is 0. The largest absolute Gasteiger partial charge is 0.467 e.